The molecule has 6 heteroatoms. The molecule has 1 amide bonds. The van der Waals surface area contributed by atoms with E-state index in [0.717, 1.165) is 5.69 Å². The van der Waals surface area contributed by atoms with Gasteiger partial charge in [0.15, 0.2) is 0 Å². The van der Waals surface area contributed by atoms with Crippen LogP contribution in [0.15, 0.2) is 18.3 Å². The Balaban J connectivity index is 2.18. The fourth-order valence-corrected chi connectivity index (χ4v) is 2.13. The number of anilines is 2. The Morgan fingerprint density at radius 2 is 2.42 bits per heavy atom. The van der Waals surface area contributed by atoms with Crippen LogP contribution in [0.2, 0.25) is 0 Å². The monoisotopic (exact) mass is 264 g/mol. The van der Waals surface area contributed by atoms with Crippen LogP contribution in [0.4, 0.5) is 11.5 Å². The van der Waals surface area contributed by atoms with Gasteiger partial charge in [-0.25, -0.2) is 4.98 Å². The molecule has 0 saturated carbocycles. The highest BCUT2D eigenvalue weighted by Crippen LogP contribution is 2.21. The van der Waals surface area contributed by atoms with Gasteiger partial charge in [-0.05, 0) is 19.9 Å². The summed E-state index contributed by atoms with van der Waals surface area (Å²) in [6.07, 6.45) is 1.65. The van der Waals surface area contributed by atoms with Gasteiger partial charge < -0.3 is 20.7 Å². The van der Waals surface area contributed by atoms with Gasteiger partial charge in [0.25, 0.3) is 0 Å². The molecule has 104 valence electrons. The van der Waals surface area contributed by atoms with Gasteiger partial charge in [-0.2, -0.15) is 0 Å². The summed E-state index contributed by atoms with van der Waals surface area (Å²) in [5.74, 6) is 0.428. The number of rotatable bonds is 3. The number of amides is 1. The third-order valence-electron chi connectivity index (χ3n) is 2.96. The lowest BCUT2D eigenvalue weighted by molar-refractivity contribution is -0.125. The second-order valence-corrected chi connectivity index (χ2v) is 4.89. The van der Waals surface area contributed by atoms with E-state index in [1.165, 1.54) is 0 Å². The number of aromatic nitrogens is 1. The first-order valence-electron chi connectivity index (χ1n) is 6.44. The second-order valence-electron chi connectivity index (χ2n) is 4.89. The van der Waals surface area contributed by atoms with Gasteiger partial charge in [-0.3, -0.25) is 4.79 Å². The first kappa shape index (κ1) is 13.6. The van der Waals surface area contributed by atoms with Crippen molar-refractivity contribution in [3.63, 3.8) is 0 Å². The third kappa shape index (κ3) is 3.35. The summed E-state index contributed by atoms with van der Waals surface area (Å²) in [7, 11) is 0. The molecule has 1 aliphatic heterocycles. The number of hydrogen-bond donors (Lipinski definition) is 2. The normalized spacial score (nSPS) is 19.5. The number of pyridine rings is 1. The summed E-state index contributed by atoms with van der Waals surface area (Å²) in [4.78, 5) is 18.2. The van der Waals surface area contributed by atoms with Gasteiger partial charge in [0.2, 0.25) is 5.91 Å². The highest BCUT2D eigenvalue weighted by atomic mass is 16.5. The van der Waals surface area contributed by atoms with Crippen molar-refractivity contribution in [2.75, 3.05) is 30.4 Å². The number of nitrogens with zero attached hydrogens (tertiary/aromatic N) is 2. The van der Waals surface area contributed by atoms with E-state index < -0.39 is 0 Å². The largest absolute Gasteiger partial charge is 0.384 e. The molecular weight excluding hydrogens is 244 g/mol. The minimum Gasteiger partial charge on any atom is -0.384 e. The molecule has 6 nitrogen and oxygen atoms in total. The average molecular weight is 264 g/mol. The van der Waals surface area contributed by atoms with E-state index in [-0.39, 0.29) is 18.0 Å². The number of morpholine rings is 1. The molecular formula is C13H20N4O2. The van der Waals surface area contributed by atoms with E-state index in [2.05, 4.69) is 10.3 Å². The summed E-state index contributed by atoms with van der Waals surface area (Å²) in [5, 5.41) is 2.92. The number of hydrogen-bond acceptors (Lipinski definition) is 5. The number of nitrogens with one attached hydrogen (secondary N) is 1. The summed E-state index contributed by atoms with van der Waals surface area (Å²) in [5.41, 5.74) is 6.60. The Morgan fingerprint density at radius 3 is 3.11 bits per heavy atom. The van der Waals surface area contributed by atoms with Crippen LogP contribution in [0.5, 0.6) is 0 Å². The number of ether oxygens (including phenoxy) is 1. The molecule has 1 unspecified atom stereocenters. The first-order valence-corrected chi connectivity index (χ1v) is 6.44. The lowest BCUT2D eigenvalue weighted by Gasteiger charge is -2.36. The predicted octanol–water partition coefficient (Wildman–Crippen LogP) is 0.394. The van der Waals surface area contributed by atoms with Crippen molar-refractivity contribution in [3.8, 4) is 0 Å². The fraction of sp³-hybridized carbons (Fsp3) is 0.538. The predicted molar refractivity (Wildman–Crippen MR) is 73.9 cm³/mol. The van der Waals surface area contributed by atoms with E-state index in [1.54, 1.807) is 12.3 Å². The van der Waals surface area contributed by atoms with Crippen molar-refractivity contribution >= 4 is 17.4 Å². The minimum absolute atomic E-state index is 0.0231. The lowest BCUT2D eigenvalue weighted by Crippen LogP contribution is -2.55. The molecule has 0 radical (unpaired) electrons. The van der Waals surface area contributed by atoms with Crippen LogP contribution in [-0.2, 0) is 9.53 Å². The van der Waals surface area contributed by atoms with Gasteiger partial charge in [0, 0.05) is 30.5 Å². The molecule has 3 N–H and O–H groups in total. The third-order valence-corrected chi connectivity index (χ3v) is 2.96. The molecule has 1 aromatic rings. The van der Waals surface area contributed by atoms with Crippen LogP contribution in [0.25, 0.3) is 0 Å². The molecule has 0 aliphatic carbocycles. The second kappa shape index (κ2) is 5.88. The zero-order chi connectivity index (χ0) is 13.8. The number of carbonyl (C=O) groups excluding carboxylic acids is 1. The molecule has 0 bridgehead atoms. The van der Waals surface area contributed by atoms with Crippen LogP contribution >= 0.6 is 0 Å². The maximum absolute atomic E-state index is 12.2. The number of nitrogens with two attached hydrogens (primary N) is 1. The van der Waals surface area contributed by atoms with Gasteiger partial charge in [0.05, 0.1) is 13.2 Å². The van der Waals surface area contributed by atoms with E-state index in [9.17, 15) is 4.79 Å². The molecule has 0 aromatic carbocycles. The standard InChI is InChI=1S/C13H20N4O2/c1-9(2)16-13(18)11-8-19-6-5-17(11)10-3-4-15-12(14)7-10/h3-4,7,9,11H,5-6,8H2,1-2H3,(H2,14,15)(H,16,18). The summed E-state index contributed by atoms with van der Waals surface area (Å²) in [6, 6.07) is 3.43. The number of nitrogen functional groups attached to an aromatic ring is 1. The highest BCUT2D eigenvalue weighted by molar-refractivity contribution is 5.86. The molecule has 1 saturated heterocycles. The molecule has 2 rings (SSSR count). The van der Waals surface area contributed by atoms with E-state index in [0.29, 0.717) is 25.6 Å². The van der Waals surface area contributed by atoms with Gasteiger partial charge >= 0.3 is 0 Å². The lowest BCUT2D eigenvalue weighted by atomic mass is 10.1. The van der Waals surface area contributed by atoms with Crippen LogP contribution < -0.4 is 16.0 Å². The zero-order valence-electron chi connectivity index (χ0n) is 11.3. The highest BCUT2D eigenvalue weighted by Gasteiger charge is 2.30. The van der Waals surface area contributed by atoms with Crippen LogP contribution in [0.3, 0.4) is 0 Å². The number of carbonyl (C=O) groups is 1. The van der Waals surface area contributed by atoms with Crippen LogP contribution in [0.1, 0.15) is 13.8 Å². The van der Waals surface area contributed by atoms with E-state index in [1.807, 2.05) is 24.8 Å². The van der Waals surface area contributed by atoms with Crippen molar-refractivity contribution in [1.82, 2.24) is 10.3 Å². The molecule has 1 fully saturated rings. The van der Waals surface area contributed by atoms with Gasteiger partial charge in [0.1, 0.15) is 11.9 Å². The topological polar surface area (TPSA) is 80.5 Å². The maximum atomic E-state index is 12.2. The Hall–Kier alpha value is -1.82. The van der Waals surface area contributed by atoms with E-state index in [4.69, 9.17) is 10.5 Å². The summed E-state index contributed by atoms with van der Waals surface area (Å²) >= 11 is 0. The van der Waals surface area contributed by atoms with Crippen molar-refractivity contribution in [2.45, 2.75) is 25.9 Å². The van der Waals surface area contributed by atoms with Crippen molar-refractivity contribution in [3.05, 3.63) is 18.3 Å². The maximum Gasteiger partial charge on any atom is 0.245 e. The Labute approximate surface area is 112 Å². The average Bonchev–Trinajstić information content (AvgIpc) is 2.38. The van der Waals surface area contributed by atoms with Crippen LogP contribution in [-0.4, -0.2) is 42.7 Å². The molecule has 19 heavy (non-hydrogen) atoms. The molecule has 0 spiro atoms. The van der Waals surface area contributed by atoms with E-state index >= 15 is 0 Å². The SMILES string of the molecule is CC(C)NC(=O)C1COCCN1c1ccnc(N)c1. The molecule has 1 aliphatic rings. The molecule has 1 aromatic heterocycles. The first-order chi connectivity index (χ1) is 9.08. The van der Waals surface area contributed by atoms with Crippen LogP contribution in [0, 0.1) is 0 Å². The van der Waals surface area contributed by atoms with Gasteiger partial charge in [-0.15, -0.1) is 0 Å². The summed E-state index contributed by atoms with van der Waals surface area (Å²) < 4.78 is 5.42. The van der Waals surface area contributed by atoms with Crippen molar-refractivity contribution in [2.24, 2.45) is 0 Å². The fourth-order valence-electron chi connectivity index (χ4n) is 2.13. The summed E-state index contributed by atoms with van der Waals surface area (Å²) in [6.45, 7) is 5.54. The Kier molecular flexibility index (Phi) is 4.21. The minimum atomic E-state index is -0.321. The molecule has 2 heterocycles. The molecule has 1 atom stereocenters. The van der Waals surface area contributed by atoms with Gasteiger partial charge in [-0.1, -0.05) is 0 Å². The Morgan fingerprint density at radius 1 is 1.63 bits per heavy atom. The Bertz CT molecular complexity index is 450. The quantitative estimate of drug-likeness (QED) is 0.825. The zero-order valence-corrected chi connectivity index (χ0v) is 11.3. The smallest absolute Gasteiger partial charge is 0.245 e. The van der Waals surface area contributed by atoms with Crippen molar-refractivity contribution < 1.29 is 9.53 Å². The van der Waals surface area contributed by atoms with Crippen molar-refractivity contribution in [1.29, 1.82) is 0 Å².